The van der Waals surface area contributed by atoms with E-state index < -0.39 is 5.60 Å². The largest absolute Gasteiger partial charge is 0.392 e. The highest BCUT2D eigenvalue weighted by atomic mass is 16.3. The number of benzene rings is 1. The van der Waals surface area contributed by atoms with Crippen molar-refractivity contribution in [2.45, 2.75) is 57.8 Å². The molecule has 1 saturated heterocycles. The number of nitrogens with zero attached hydrogens (tertiary/aromatic N) is 5. The van der Waals surface area contributed by atoms with E-state index in [0.29, 0.717) is 42.9 Å². The van der Waals surface area contributed by atoms with Gasteiger partial charge >= 0.3 is 0 Å². The molecule has 3 aliphatic rings. The van der Waals surface area contributed by atoms with E-state index in [2.05, 4.69) is 20.5 Å². The van der Waals surface area contributed by atoms with Crippen LogP contribution in [-0.4, -0.2) is 55.5 Å². The quantitative estimate of drug-likeness (QED) is 0.363. The Bertz CT molecular complexity index is 1780. The van der Waals surface area contributed by atoms with Crippen molar-refractivity contribution in [1.29, 1.82) is 0 Å². The molecule has 2 aliphatic heterocycles. The lowest BCUT2D eigenvalue weighted by Gasteiger charge is -2.45. The van der Waals surface area contributed by atoms with Crippen molar-refractivity contribution in [3.63, 3.8) is 0 Å². The van der Waals surface area contributed by atoms with Crippen LogP contribution in [0.1, 0.15) is 58.3 Å². The Kier molecular flexibility index (Phi) is 6.74. The first-order valence-electron chi connectivity index (χ1n) is 15.1. The van der Waals surface area contributed by atoms with Crippen LogP contribution >= 0.6 is 0 Å². The first-order valence-corrected chi connectivity index (χ1v) is 15.1. The summed E-state index contributed by atoms with van der Waals surface area (Å²) in [6.45, 7) is 4.00. The molecule has 43 heavy (non-hydrogen) atoms. The van der Waals surface area contributed by atoms with E-state index in [9.17, 15) is 19.8 Å². The average Bonchev–Trinajstić information content (AvgIpc) is 3.38. The molecule has 0 unspecified atom stereocenters. The molecule has 3 aromatic heterocycles. The van der Waals surface area contributed by atoms with Crippen LogP contribution < -0.4 is 15.4 Å². The van der Waals surface area contributed by atoms with Gasteiger partial charge in [-0.25, -0.2) is 0 Å². The molecule has 1 fully saturated rings. The monoisotopic (exact) mass is 579 g/mol. The highest BCUT2D eigenvalue weighted by Crippen LogP contribution is 2.35. The maximum absolute atomic E-state index is 13.8. The molecule has 7 rings (SSSR count). The molecule has 2 N–H and O–H groups in total. The molecule has 0 saturated carbocycles. The topological polar surface area (TPSA) is 104 Å². The highest BCUT2D eigenvalue weighted by Gasteiger charge is 2.36. The molecule has 4 aromatic rings. The molecule has 9 heteroatoms. The molecule has 0 bridgehead atoms. The van der Waals surface area contributed by atoms with Crippen LogP contribution in [0.25, 0.3) is 11.1 Å². The summed E-state index contributed by atoms with van der Waals surface area (Å²) in [6, 6.07) is 13.6. The summed E-state index contributed by atoms with van der Waals surface area (Å²) in [5.41, 5.74) is 7.83. The third-order valence-electron chi connectivity index (χ3n) is 9.20. The fourth-order valence-electron chi connectivity index (χ4n) is 7.05. The normalized spacial score (nSPS) is 17.4. The number of carbonyl (C=O) groups excluding carboxylic acids is 1. The van der Waals surface area contributed by atoms with Gasteiger partial charge in [0, 0.05) is 68.4 Å². The Morgan fingerprint density at radius 2 is 1.84 bits per heavy atom. The number of aliphatic hydroxyl groups is 2. The van der Waals surface area contributed by atoms with Crippen molar-refractivity contribution >= 4 is 17.3 Å². The lowest BCUT2D eigenvalue weighted by atomic mass is 9.96. The molecular formula is C34H37N5O4. The van der Waals surface area contributed by atoms with Gasteiger partial charge in [0.2, 0.25) is 0 Å². The second-order valence-electron chi connectivity index (χ2n) is 12.5. The predicted octanol–water partition coefficient (Wildman–Crippen LogP) is 3.44. The number of hydrogen-bond donors (Lipinski definition) is 2. The number of pyridine rings is 2. The number of aryl methyl sites for hydroxylation is 2. The number of aromatic nitrogens is 3. The first-order chi connectivity index (χ1) is 20.7. The summed E-state index contributed by atoms with van der Waals surface area (Å²) in [5.74, 6) is -0.0370. The van der Waals surface area contributed by atoms with E-state index in [-0.39, 0.29) is 18.1 Å². The summed E-state index contributed by atoms with van der Waals surface area (Å²) >= 11 is 0. The maximum Gasteiger partial charge on any atom is 0.274 e. The van der Waals surface area contributed by atoms with Gasteiger partial charge in [-0.15, -0.1) is 0 Å². The molecule has 1 aliphatic carbocycles. The molecule has 5 heterocycles. The average molecular weight is 580 g/mol. The number of hydrogen-bond acceptors (Lipinski definition) is 6. The van der Waals surface area contributed by atoms with Crippen LogP contribution in [0.15, 0.2) is 59.7 Å². The van der Waals surface area contributed by atoms with Gasteiger partial charge in [0.15, 0.2) is 0 Å². The molecular weight excluding hydrogens is 542 g/mol. The second kappa shape index (κ2) is 10.5. The number of anilines is 2. The molecule has 9 nitrogen and oxygen atoms in total. The van der Waals surface area contributed by atoms with Gasteiger partial charge in [-0.3, -0.25) is 14.6 Å². The number of amides is 1. The van der Waals surface area contributed by atoms with E-state index in [4.69, 9.17) is 0 Å². The smallest absolute Gasteiger partial charge is 0.274 e. The minimum absolute atomic E-state index is 0.0370. The zero-order chi connectivity index (χ0) is 29.9. The second-order valence-corrected chi connectivity index (χ2v) is 12.5. The van der Waals surface area contributed by atoms with Crippen LogP contribution in [0.2, 0.25) is 0 Å². The summed E-state index contributed by atoms with van der Waals surface area (Å²) < 4.78 is 3.77. The minimum atomic E-state index is -0.665. The molecule has 0 radical (unpaired) electrons. The van der Waals surface area contributed by atoms with Gasteiger partial charge in [-0.05, 0) is 79.6 Å². The Hall–Kier alpha value is -4.21. The fourth-order valence-corrected chi connectivity index (χ4v) is 7.05. The van der Waals surface area contributed by atoms with Crippen molar-refractivity contribution in [1.82, 2.24) is 14.1 Å². The maximum atomic E-state index is 13.8. The lowest BCUT2D eigenvalue weighted by Crippen LogP contribution is -2.60. The van der Waals surface area contributed by atoms with Gasteiger partial charge in [-0.2, -0.15) is 0 Å². The summed E-state index contributed by atoms with van der Waals surface area (Å²) in [4.78, 5) is 35.4. The van der Waals surface area contributed by atoms with Crippen LogP contribution in [0.3, 0.4) is 0 Å². The highest BCUT2D eigenvalue weighted by molar-refractivity contribution is 6.07. The number of β-amino-alcohol motifs (C(OH)–C–C–N with tert-alkyl or cyclic N) is 1. The standard InChI is InChI=1S/C34H37N5O4/c1-34(43)20-37(21-34)26-11-10-25(35-17-26)15-23-14-24(18-36(2)32(23)41)27-7-5-9-30(28(27)19-40)39-13-12-38-29-8-4-3-6-22(29)16-31(38)33(39)42/h5,7,9-11,14,16-18,40,43H,3-4,6,8,12-13,15,19-21H2,1-2H3. The van der Waals surface area contributed by atoms with E-state index in [0.717, 1.165) is 60.4 Å². The van der Waals surface area contributed by atoms with E-state index >= 15 is 0 Å². The van der Waals surface area contributed by atoms with E-state index in [1.807, 2.05) is 43.3 Å². The van der Waals surface area contributed by atoms with Crippen LogP contribution in [0.5, 0.6) is 0 Å². The Morgan fingerprint density at radius 3 is 2.58 bits per heavy atom. The van der Waals surface area contributed by atoms with E-state index in [1.54, 1.807) is 28.9 Å². The zero-order valence-corrected chi connectivity index (χ0v) is 24.7. The molecule has 1 aromatic carbocycles. The van der Waals surface area contributed by atoms with Gasteiger partial charge in [-0.1, -0.05) is 12.1 Å². The zero-order valence-electron chi connectivity index (χ0n) is 24.7. The number of rotatable bonds is 6. The fraction of sp³-hybridized carbons (Fsp3) is 0.382. The number of fused-ring (bicyclic) bond motifs is 3. The summed E-state index contributed by atoms with van der Waals surface area (Å²) in [6.07, 6.45) is 8.31. The van der Waals surface area contributed by atoms with Crippen LogP contribution in [0.4, 0.5) is 11.4 Å². The molecule has 0 spiro atoms. The molecule has 222 valence electrons. The molecule has 0 atom stereocenters. The number of carbonyl (C=O) groups is 1. The van der Waals surface area contributed by atoms with Gasteiger partial charge in [0.25, 0.3) is 11.5 Å². The van der Waals surface area contributed by atoms with Gasteiger partial charge < -0.3 is 29.1 Å². The van der Waals surface area contributed by atoms with Crippen molar-refractivity contribution in [2.24, 2.45) is 7.05 Å². The summed E-state index contributed by atoms with van der Waals surface area (Å²) in [7, 11) is 1.73. The van der Waals surface area contributed by atoms with Crippen molar-refractivity contribution in [2.75, 3.05) is 29.4 Å². The first kappa shape index (κ1) is 27.6. The van der Waals surface area contributed by atoms with Gasteiger partial charge in [0.1, 0.15) is 5.69 Å². The molecule has 1 amide bonds. The van der Waals surface area contributed by atoms with Crippen LogP contribution in [-0.2, 0) is 39.5 Å². The van der Waals surface area contributed by atoms with Crippen molar-refractivity contribution in [3.05, 3.63) is 99.0 Å². The van der Waals surface area contributed by atoms with Crippen molar-refractivity contribution in [3.8, 4) is 11.1 Å². The lowest BCUT2D eigenvalue weighted by molar-refractivity contribution is 0.0310. The van der Waals surface area contributed by atoms with Crippen LogP contribution in [0, 0.1) is 0 Å². The Morgan fingerprint density at radius 1 is 1.02 bits per heavy atom. The van der Waals surface area contributed by atoms with Gasteiger partial charge in [0.05, 0.1) is 29.8 Å². The Balaban J connectivity index is 1.19. The van der Waals surface area contributed by atoms with E-state index in [1.165, 1.54) is 11.3 Å². The summed E-state index contributed by atoms with van der Waals surface area (Å²) in [5, 5.41) is 20.7. The minimum Gasteiger partial charge on any atom is -0.392 e. The Labute approximate surface area is 250 Å². The van der Waals surface area contributed by atoms with Crippen molar-refractivity contribution < 1.29 is 15.0 Å². The SMILES string of the molecule is Cn1cc(-c2cccc(N3CCn4c(cc5c4CCCC5)C3=O)c2CO)cc(Cc2ccc(N3CC(C)(O)C3)cn2)c1=O. The third kappa shape index (κ3) is 4.86. The predicted molar refractivity (Wildman–Crippen MR) is 166 cm³/mol. The third-order valence-corrected chi connectivity index (χ3v) is 9.20. The number of aliphatic hydroxyl groups excluding tert-OH is 1.